The van der Waals surface area contributed by atoms with Crippen LogP contribution in [0.1, 0.15) is 5.56 Å². The minimum absolute atomic E-state index is 0.0114. The average molecular weight is 246 g/mol. The summed E-state index contributed by atoms with van der Waals surface area (Å²) >= 11 is 3.21. The van der Waals surface area contributed by atoms with Crippen LogP contribution in [0.3, 0.4) is 0 Å². The zero-order valence-corrected chi connectivity index (χ0v) is 9.30. The molecule has 0 saturated carbocycles. The van der Waals surface area contributed by atoms with Gasteiger partial charge in [-0.1, -0.05) is 0 Å². The number of nitrogens with zero attached hydrogens (tertiary/aromatic N) is 1. The van der Waals surface area contributed by atoms with Crippen LogP contribution in [0.25, 0.3) is 0 Å². The van der Waals surface area contributed by atoms with E-state index in [0.717, 1.165) is 5.56 Å². The van der Waals surface area contributed by atoms with Crippen molar-refractivity contribution in [3.63, 3.8) is 0 Å². The Bertz CT molecular complexity index is 346. The smallest absolute Gasteiger partial charge is 0.264 e. The maximum Gasteiger partial charge on any atom is 0.264 e. The summed E-state index contributed by atoms with van der Waals surface area (Å²) in [6.45, 7) is 3.10. The first kappa shape index (κ1) is 10.5. The van der Waals surface area contributed by atoms with E-state index in [9.17, 15) is 4.79 Å². The lowest BCUT2D eigenvalue weighted by Gasteiger charge is -2.06. The highest BCUT2D eigenvalue weighted by molar-refractivity contribution is 9.10. The van der Waals surface area contributed by atoms with Gasteiger partial charge in [-0.25, -0.2) is 0 Å². The normalized spacial score (nSPS) is 10.4. The van der Waals surface area contributed by atoms with E-state index in [2.05, 4.69) is 15.9 Å². The molecule has 1 heterocycles. The van der Waals surface area contributed by atoms with Gasteiger partial charge in [-0.2, -0.15) is 0 Å². The third-order valence-electron chi connectivity index (χ3n) is 1.72. The molecule has 0 fully saturated rings. The van der Waals surface area contributed by atoms with Crippen LogP contribution in [0.4, 0.5) is 0 Å². The fourth-order valence-corrected chi connectivity index (χ4v) is 1.69. The molecule has 0 amide bonds. The quantitative estimate of drug-likeness (QED) is 0.810. The van der Waals surface area contributed by atoms with Gasteiger partial charge in [0.1, 0.15) is 0 Å². The fourth-order valence-electron chi connectivity index (χ4n) is 1.10. The van der Waals surface area contributed by atoms with E-state index >= 15 is 0 Å². The highest BCUT2D eigenvalue weighted by Crippen LogP contribution is 2.05. The second-order valence-corrected chi connectivity index (χ2v) is 3.71. The van der Waals surface area contributed by atoms with Crippen molar-refractivity contribution in [2.45, 2.75) is 13.5 Å². The molecule has 0 aliphatic carbocycles. The summed E-state index contributed by atoms with van der Waals surface area (Å²) in [6.07, 6.45) is 1.83. The van der Waals surface area contributed by atoms with Gasteiger partial charge in [-0.05, 0) is 34.5 Å². The highest BCUT2D eigenvalue weighted by atomic mass is 79.9. The molecule has 13 heavy (non-hydrogen) atoms. The largest absolute Gasteiger partial charge is 0.383 e. The number of pyridine rings is 1. The van der Waals surface area contributed by atoms with Crippen LogP contribution in [0, 0.1) is 6.92 Å². The van der Waals surface area contributed by atoms with Crippen LogP contribution in [-0.2, 0) is 11.3 Å². The van der Waals surface area contributed by atoms with Gasteiger partial charge in [0.2, 0.25) is 0 Å². The van der Waals surface area contributed by atoms with Crippen LogP contribution in [-0.4, -0.2) is 18.3 Å². The van der Waals surface area contributed by atoms with Gasteiger partial charge < -0.3 is 9.30 Å². The number of hydrogen-bond donors (Lipinski definition) is 0. The maximum absolute atomic E-state index is 11.5. The van der Waals surface area contributed by atoms with Gasteiger partial charge in [-0.3, -0.25) is 4.79 Å². The van der Waals surface area contributed by atoms with E-state index in [1.54, 1.807) is 11.7 Å². The molecule has 0 radical (unpaired) electrons. The first-order chi connectivity index (χ1) is 6.15. The minimum atomic E-state index is -0.0114. The van der Waals surface area contributed by atoms with Crippen molar-refractivity contribution >= 4 is 15.9 Å². The molecule has 1 aromatic heterocycles. The first-order valence-corrected chi connectivity index (χ1v) is 4.80. The molecule has 0 aliphatic heterocycles. The number of aryl methyl sites for hydroxylation is 1. The van der Waals surface area contributed by atoms with E-state index in [1.165, 1.54) is 0 Å². The molecular formula is C9H12BrNO2. The molecule has 4 heteroatoms. The Morgan fingerprint density at radius 3 is 2.92 bits per heavy atom. The lowest BCUT2D eigenvalue weighted by Crippen LogP contribution is -2.22. The van der Waals surface area contributed by atoms with Crippen molar-refractivity contribution < 1.29 is 4.74 Å². The summed E-state index contributed by atoms with van der Waals surface area (Å²) in [4.78, 5) is 11.5. The molecule has 3 nitrogen and oxygen atoms in total. The molecule has 0 aliphatic rings. The second-order valence-electron chi connectivity index (χ2n) is 2.86. The van der Waals surface area contributed by atoms with Crippen LogP contribution in [0.2, 0.25) is 0 Å². The molecule has 0 N–H and O–H groups in total. The molecule has 0 atom stereocenters. The Hall–Kier alpha value is -0.610. The third-order valence-corrected chi connectivity index (χ3v) is 2.28. The zero-order chi connectivity index (χ0) is 9.84. The summed E-state index contributed by atoms with van der Waals surface area (Å²) in [6, 6.07) is 1.81. The summed E-state index contributed by atoms with van der Waals surface area (Å²) in [5.74, 6) is 0. The maximum atomic E-state index is 11.5. The van der Waals surface area contributed by atoms with E-state index in [4.69, 9.17) is 4.74 Å². The van der Waals surface area contributed by atoms with Crippen molar-refractivity contribution in [1.82, 2.24) is 4.57 Å². The van der Waals surface area contributed by atoms with Gasteiger partial charge in [0, 0.05) is 19.9 Å². The first-order valence-electron chi connectivity index (χ1n) is 4.00. The number of aromatic nitrogens is 1. The van der Waals surface area contributed by atoms with Gasteiger partial charge in [0.15, 0.2) is 0 Å². The Kier molecular flexibility index (Phi) is 3.69. The molecular weight excluding hydrogens is 234 g/mol. The molecule has 0 aromatic carbocycles. The standard InChI is InChI=1S/C9H12BrNO2/c1-7-5-8(10)9(12)11(6-7)3-4-13-2/h5-6H,3-4H2,1-2H3. The van der Waals surface area contributed by atoms with Crippen LogP contribution in [0.15, 0.2) is 21.5 Å². The Morgan fingerprint density at radius 1 is 1.62 bits per heavy atom. The van der Waals surface area contributed by atoms with Gasteiger partial charge in [-0.15, -0.1) is 0 Å². The van der Waals surface area contributed by atoms with Crippen molar-refractivity contribution in [1.29, 1.82) is 0 Å². The Balaban J connectivity index is 2.99. The fraction of sp³-hybridized carbons (Fsp3) is 0.444. The molecule has 0 bridgehead atoms. The minimum Gasteiger partial charge on any atom is -0.383 e. The van der Waals surface area contributed by atoms with Crippen molar-refractivity contribution in [2.24, 2.45) is 0 Å². The van der Waals surface area contributed by atoms with Crippen molar-refractivity contribution in [3.8, 4) is 0 Å². The number of ether oxygens (including phenoxy) is 1. The molecule has 1 aromatic rings. The number of hydrogen-bond acceptors (Lipinski definition) is 2. The Morgan fingerprint density at radius 2 is 2.31 bits per heavy atom. The summed E-state index contributed by atoms with van der Waals surface area (Å²) in [5, 5.41) is 0. The Labute approximate surface area is 85.5 Å². The van der Waals surface area contributed by atoms with E-state index in [-0.39, 0.29) is 5.56 Å². The molecule has 1 rings (SSSR count). The zero-order valence-electron chi connectivity index (χ0n) is 7.71. The third kappa shape index (κ3) is 2.67. The molecule has 0 saturated heterocycles. The van der Waals surface area contributed by atoms with Crippen LogP contribution < -0.4 is 5.56 Å². The summed E-state index contributed by atoms with van der Waals surface area (Å²) in [5.41, 5.74) is 1.05. The number of halogens is 1. The van der Waals surface area contributed by atoms with Gasteiger partial charge in [0.05, 0.1) is 11.1 Å². The molecule has 72 valence electrons. The van der Waals surface area contributed by atoms with Crippen molar-refractivity contribution in [3.05, 3.63) is 32.7 Å². The SMILES string of the molecule is COCCn1cc(C)cc(Br)c1=O. The van der Waals surface area contributed by atoms with Crippen molar-refractivity contribution in [2.75, 3.05) is 13.7 Å². The predicted octanol–water partition coefficient (Wildman–Crippen LogP) is 1.57. The summed E-state index contributed by atoms with van der Waals surface area (Å²) in [7, 11) is 1.62. The van der Waals surface area contributed by atoms with Crippen LogP contribution >= 0.6 is 15.9 Å². The average Bonchev–Trinajstić information content (AvgIpc) is 2.09. The lowest BCUT2D eigenvalue weighted by molar-refractivity contribution is 0.186. The topological polar surface area (TPSA) is 31.2 Å². The van der Waals surface area contributed by atoms with E-state index < -0.39 is 0 Å². The van der Waals surface area contributed by atoms with Gasteiger partial charge in [0.25, 0.3) is 5.56 Å². The number of methoxy groups -OCH3 is 1. The number of rotatable bonds is 3. The monoisotopic (exact) mass is 245 g/mol. The van der Waals surface area contributed by atoms with E-state index in [1.807, 2.05) is 19.2 Å². The summed E-state index contributed by atoms with van der Waals surface area (Å²) < 4.78 is 7.15. The molecule has 0 spiro atoms. The lowest BCUT2D eigenvalue weighted by atomic mass is 10.3. The predicted molar refractivity (Wildman–Crippen MR) is 55.0 cm³/mol. The van der Waals surface area contributed by atoms with E-state index in [0.29, 0.717) is 17.6 Å². The highest BCUT2D eigenvalue weighted by Gasteiger charge is 2.01. The second kappa shape index (κ2) is 4.58. The van der Waals surface area contributed by atoms with Gasteiger partial charge >= 0.3 is 0 Å². The van der Waals surface area contributed by atoms with Crippen LogP contribution in [0.5, 0.6) is 0 Å². The molecule has 0 unspecified atom stereocenters.